The number of aliphatic hydroxyl groups excluding tert-OH is 5. The highest BCUT2D eigenvalue weighted by Gasteiger charge is 2.48. The molecule has 0 aromatic heterocycles. The third-order valence-electron chi connectivity index (χ3n) is 12.5. The fraction of sp³-hybridized carbons (Fsp3) is 0.865. The van der Waals surface area contributed by atoms with Crippen LogP contribution in [0.3, 0.4) is 0 Å². The molecule has 66 heavy (non-hydrogen) atoms. The summed E-state index contributed by atoms with van der Waals surface area (Å²) in [6.07, 6.45) is 39.4. The lowest BCUT2D eigenvalue weighted by molar-refractivity contribution is -0.298. The van der Waals surface area contributed by atoms with E-state index in [0.717, 1.165) is 44.9 Å². The van der Waals surface area contributed by atoms with Gasteiger partial charge in [-0.1, -0.05) is 217 Å². The topological polar surface area (TPSA) is 212 Å². The average Bonchev–Trinajstić information content (AvgIpc) is 3.29. The Balaban J connectivity index is 2.50. The molecule has 14 heteroatoms. The molecule has 1 fully saturated rings. The molecule has 0 aromatic carbocycles. The Labute approximate surface area is 401 Å². The number of hydrogen-bond acceptors (Lipinski definition) is 11. The maximum absolute atomic E-state index is 13.2. The maximum Gasteiger partial charge on any atom is 0.397 e. The van der Waals surface area contributed by atoms with Crippen molar-refractivity contribution in [3.63, 3.8) is 0 Å². The Morgan fingerprint density at radius 2 is 1.02 bits per heavy atom. The molecule has 13 nitrogen and oxygen atoms in total. The van der Waals surface area contributed by atoms with E-state index in [4.69, 9.17) is 9.47 Å². The van der Waals surface area contributed by atoms with E-state index < -0.39 is 78.5 Å². The lowest BCUT2D eigenvalue weighted by Gasteiger charge is -2.41. The summed E-state index contributed by atoms with van der Waals surface area (Å²) in [5, 5.41) is 55.4. The van der Waals surface area contributed by atoms with Crippen LogP contribution in [0.2, 0.25) is 0 Å². The molecule has 388 valence electrons. The molecule has 8 atom stereocenters. The number of rotatable bonds is 45. The fourth-order valence-corrected chi connectivity index (χ4v) is 8.83. The smallest absolute Gasteiger partial charge is 0.394 e. The zero-order valence-corrected chi connectivity index (χ0v) is 42.2. The second kappa shape index (κ2) is 42.2. The van der Waals surface area contributed by atoms with Gasteiger partial charge in [0.2, 0.25) is 5.91 Å². The molecule has 1 aliphatic rings. The van der Waals surface area contributed by atoms with Crippen molar-refractivity contribution in [3.05, 3.63) is 36.5 Å². The van der Waals surface area contributed by atoms with E-state index >= 15 is 0 Å². The summed E-state index contributed by atoms with van der Waals surface area (Å²) in [5.74, 6) is -0.713. The number of aliphatic hydroxyl groups is 5. The molecule has 8 unspecified atom stereocenters. The van der Waals surface area contributed by atoms with Gasteiger partial charge in [0.15, 0.2) is 6.29 Å². The molecule has 1 aliphatic heterocycles. The van der Waals surface area contributed by atoms with E-state index in [9.17, 15) is 43.3 Å². The summed E-state index contributed by atoms with van der Waals surface area (Å²) < 4.78 is 47.6. The standard InChI is InChI=1S/C52H97NO12S/c1-3-5-7-9-11-13-15-17-19-21-22-23-24-25-27-29-31-33-35-37-39-41-46(56)51(59)53-44(43-63-52-49(58)50(65-66(60,61)62)48(57)47(42-54)64-52)45(55)40-38-36-34-32-30-28-26-20-18-16-14-12-10-8-6-4-2/h18,20,30,32,38,40,44-50,52,54-58H,3-17,19,21-29,31,33-37,39,41-43H2,1-2H3,(H,53,59)(H,60,61,62)/b20-18+,32-30+,40-38+. The van der Waals surface area contributed by atoms with Gasteiger partial charge in [0.05, 0.1) is 25.4 Å². The number of allylic oxidation sites excluding steroid dienone is 5. The monoisotopic (exact) mass is 960 g/mol. The highest BCUT2D eigenvalue weighted by molar-refractivity contribution is 7.80. The molecule has 1 rings (SSSR count). The van der Waals surface area contributed by atoms with Gasteiger partial charge in [0, 0.05) is 0 Å². The van der Waals surface area contributed by atoms with Crippen LogP contribution in [0, 0.1) is 0 Å². The van der Waals surface area contributed by atoms with Gasteiger partial charge in [-0.2, -0.15) is 8.42 Å². The zero-order valence-electron chi connectivity index (χ0n) is 41.4. The van der Waals surface area contributed by atoms with Gasteiger partial charge in [-0.05, 0) is 44.9 Å². The van der Waals surface area contributed by atoms with Crippen LogP contribution >= 0.6 is 0 Å². The second-order valence-corrected chi connectivity index (χ2v) is 19.6. The molecule has 0 saturated carbocycles. The Morgan fingerprint density at radius 3 is 1.45 bits per heavy atom. The summed E-state index contributed by atoms with van der Waals surface area (Å²) >= 11 is 0. The van der Waals surface area contributed by atoms with Crippen LogP contribution in [0.4, 0.5) is 0 Å². The van der Waals surface area contributed by atoms with Crippen molar-refractivity contribution in [1.29, 1.82) is 0 Å². The largest absolute Gasteiger partial charge is 0.397 e. The number of hydrogen-bond donors (Lipinski definition) is 7. The zero-order chi connectivity index (χ0) is 48.5. The van der Waals surface area contributed by atoms with E-state index in [0.29, 0.717) is 12.8 Å². The van der Waals surface area contributed by atoms with Crippen LogP contribution in [0.15, 0.2) is 36.5 Å². The van der Waals surface area contributed by atoms with Gasteiger partial charge >= 0.3 is 10.4 Å². The van der Waals surface area contributed by atoms with Crippen molar-refractivity contribution in [2.24, 2.45) is 0 Å². The first kappa shape index (κ1) is 62.3. The third kappa shape index (κ3) is 33.7. The molecule has 0 radical (unpaired) electrons. The van der Waals surface area contributed by atoms with E-state index in [1.54, 1.807) is 6.08 Å². The van der Waals surface area contributed by atoms with E-state index in [-0.39, 0.29) is 6.42 Å². The van der Waals surface area contributed by atoms with Crippen LogP contribution < -0.4 is 5.32 Å². The molecule has 0 spiro atoms. The number of nitrogens with one attached hydrogen (secondary N) is 1. The van der Waals surface area contributed by atoms with Gasteiger partial charge in [-0.15, -0.1) is 0 Å². The summed E-state index contributed by atoms with van der Waals surface area (Å²) in [6, 6.07) is -1.14. The van der Waals surface area contributed by atoms with Crippen molar-refractivity contribution in [3.8, 4) is 0 Å². The van der Waals surface area contributed by atoms with E-state index in [1.807, 2.05) is 0 Å². The quantitative estimate of drug-likeness (QED) is 0.0173. The summed E-state index contributed by atoms with van der Waals surface area (Å²) in [7, 11) is -5.13. The molecule has 0 aromatic rings. The predicted octanol–water partition coefficient (Wildman–Crippen LogP) is 10.4. The van der Waals surface area contributed by atoms with E-state index in [1.165, 1.54) is 154 Å². The second-order valence-electron chi connectivity index (χ2n) is 18.6. The first-order chi connectivity index (χ1) is 31.9. The van der Waals surface area contributed by atoms with Crippen molar-refractivity contribution >= 4 is 16.3 Å². The number of carbonyl (C=O) groups is 1. The predicted molar refractivity (Wildman–Crippen MR) is 265 cm³/mol. The first-order valence-electron chi connectivity index (χ1n) is 26.5. The highest BCUT2D eigenvalue weighted by Crippen LogP contribution is 2.26. The minimum atomic E-state index is -5.13. The molecular weight excluding hydrogens is 863 g/mol. The maximum atomic E-state index is 13.2. The number of amides is 1. The minimum Gasteiger partial charge on any atom is -0.394 e. The lowest BCUT2D eigenvalue weighted by Crippen LogP contribution is -2.61. The molecule has 0 bridgehead atoms. The molecule has 1 heterocycles. The van der Waals surface area contributed by atoms with Crippen LogP contribution in [0.1, 0.15) is 226 Å². The third-order valence-corrected chi connectivity index (χ3v) is 13.0. The Hall–Kier alpha value is -1.72. The van der Waals surface area contributed by atoms with Crippen LogP contribution in [0.5, 0.6) is 0 Å². The minimum absolute atomic E-state index is 0.237. The summed E-state index contributed by atoms with van der Waals surface area (Å²) in [6.45, 7) is 3.21. The Kier molecular flexibility index (Phi) is 39.8. The van der Waals surface area contributed by atoms with Gasteiger partial charge in [0.25, 0.3) is 0 Å². The van der Waals surface area contributed by atoms with Crippen molar-refractivity contribution < 1.29 is 57.0 Å². The van der Waals surface area contributed by atoms with Gasteiger partial charge in [-0.25, -0.2) is 4.18 Å². The lowest BCUT2D eigenvalue weighted by atomic mass is 9.99. The summed E-state index contributed by atoms with van der Waals surface area (Å²) in [4.78, 5) is 13.2. The van der Waals surface area contributed by atoms with Gasteiger partial charge in [-0.3, -0.25) is 9.35 Å². The SMILES string of the molecule is CCCCCCCC/C=C/CC/C=C/CC/C=C/C(O)C(COC1OC(CO)C(O)C(OS(=O)(=O)O)C1O)NC(=O)C(O)CCCCCCCCCCCCCCCCCCCCCCC. The molecule has 0 aliphatic carbocycles. The van der Waals surface area contributed by atoms with E-state index in [2.05, 4.69) is 47.7 Å². The number of unbranched alkanes of at least 4 members (excludes halogenated alkanes) is 28. The van der Waals surface area contributed by atoms with Crippen molar-refractivity contribution in [2.45, 2.75) is 275 Å². The Bertz CT molecular complexity index is 1330. The molecular formula is C52H97NO12S. The average molecular weight is 960 g/mol. The van der Waals surface area contributed by atoms with Crippen molar-refractivity contribution in [1.82, 2.24) is 5.32 Å². The van der Waals surface area contributed by atoms with Crippen LogP contribution in [-0.4, -0.2) is 107 Å². The summed E-state index contributed by atoms with van der Waals surface area (Å²) in [5.41, 5.74) is 0. The first-order valence-corrected chi connectivity index (χ1v) is 27.8. The molecule has 1 amide bonds. The Morgan fingerprint density at radius 1 is 0.606 bits per heavy atom. The van der Waals surface area contributed by atoms with Gasteiger partial charge < -0.3 is 40.3 Å². The normalized spacial score (nSPS) is 20.8. The molecule has 1 saturated heterocycles. The van der Waals surface area contributed by atoms with Crippen molar-refractivity contribution in [2.75, 3.05) is 13.2 Å². The van der Waals surface area contributed by atoms with Gasteiger partial charge in [0.1, 0.15) is 30.5 Å². The van der Waals surface area contributed by atoms with Crippen LogP contribution in [0.25, 0.3) is 0 Å². The van der Waals surface area contributed by atoms with Crippen LogP contribution in [-0.2, 0) is 28.9 Å². The molecule has 7 N–H and O–H groups in total. The number of ether oxygens (including phenoxy) is 2. The fourth-order valence-electron chi connectivity index (χ4n) is 8.32. The highest BCUT2D eigenvalue weighted by atomic mass is 32.3. The number of carbonyl (C=O) groups excluding carboxylic acids is 1.